The highest BCUT2D eigenvalue weighted by atomic mass is 28.4. The predicted molar refractivity (Wildman–Crippen MR) is 121 cm³/mol. The normalized spacial score (nSPS) is 13.5. The molecule has 0 spiro atoms. The van der Waals surface area contributed by atoms with Crippen LogP contribution in [0.4, 0.5) is 0 Å². The Bertz CT molecular complexity index is 954. The van der Waals surface area contributed by atoms with Crippen molar-refractivity contribution >= 4 is 8.32 Å². The average Bonchev–Trinajstić information content (AvgIpc) is 3.44. The van der Waals surface area contributed by atoms with Crippen molar-refractivity contribution in [3.8, 4) is 29.0 Å². The minimum atomic E-state index is -2.12. The number of nitrogens with zero attached hydrogens (tertiary/aromatic N) is 3. The summed E-state index contributed by atoms with van der Waals surface area (Å²) in [5.41, 5.74) is 8.34. The molecular formula is C22H34N4O4Si. The maximum atomic E-state index is 6.57. The number of oxazole rings is 3. The first-order chi connectivity index (χ1) is 14.7. The van der Waals surface area contributed by atoms with Crippen molar-refractivity contribution in [2.24, 2.45) is 5.73 Å². The molecule has 3 aromatic rings. The molecule has 1 unspecified atom stereocenters. The van der Waals surface area contributed by atoms with Crippen LogP contribution in [0.3, 0.4) is 0 Å². The second-order valence-corrected chi connectivity index (χ2v) is 14.3. The molecule has 0 aliphatic heterocycles. The molecule has 0 saturated heterocycles. The first kappa shape index (κ1) is 23.3. The van der Waals surface area contributed by atoms with E-state index in [0.717, 1.165) is 12.8 Å². The van der Waals surface area contributed by atoms with Crippen LogP contribution in [0.5, 0.6) is 5.88 Å². The lowest BCUT2D eigenvalue weighted by Gasteiger charge is -2.41. The van der Waals surface area contributed by atoms with E-state index in [1.807, 2.05) is 0 Å². The standard InChI is InChI=1S/C22H34N4O4Si/c1-8-9-16(23)20-24-17(10-27-20)21-25-18(11-28-21)22-26-19(12-29-22)30-31(13(2)3,14(4)5)15(6)7/h10-16H,8-9,23H2,1-7H3. The lowest BCUT2D eigenvalue weighted by molar-refractivity contribution is 0.434. The van der Waals surface area contributed by atoms with E-state index >= 15 is 0 Å². The second kappa shape index (κ2) is 9.40. The zero-order valence-electron chi connectivity index (χ0n) is 19.5. The maximum Gasteiger partial charge on any atom is 0.260 e. The van der Waals surface area contributed by atoms with Gasteiger partial charge in [-0.15, -0.1) is 0 Å². The van der Waals surface area contributed by atoms with Crippen LogP contribution in [0.15, 0.2) is 32.0 Å². The van der Waals surface area contributed by atoms with Gasteiger partial charge in [0.1, 0.15) is 12.5 Å². The molecule has 0 aromatic carbocycles. The smallest absolute Gasteiger partial charge is 0.260 e. The molecule has 0 amide bonds. The Labute approximate surface area is 184 Å². The summed E-state index contributed by atoms with van der Waals surface area (Å²) >= 11 is 0. The SMILES string of the molecule is CCCC(N)c1nc(-c2nc(-c3nc(O[Si](C(C)C)(C(C)C)C(C)C)co3)co2)co1. The molecule has 170 valence electrons. The van der Waals surface area contributed by atoms with Crippen LogP contribution in [0.25, 0.3) is 23.2 Å². The quantitative estimate of drug-likeness (QED) is 0.359. The Kier molecular flexibility index (Phi) is 7.05. The molecule has 8 nitrogen and oxygen atoms in total. The van der Waals surface area contributed by atoms with Gasteiger partial charge < -0.3 is 23.4 Å². The molecular weight excluding hydrogens is 412 g/mol. The van der Waals surface area contributed by atoms with Gasteiger partial charge in [0.15, 0.2) is 17.7 Å². The summed E-state index contributed by atoms with van der Waals surface area (Å²) in [7, 11) is -2.12. The van der Waals surface area contributed by atoms with Crippen LogP contribution in [-0.4, -0.2) is 23.3 Å². The molecule has 2 N–H and O–H groups in total. The van der Waals surface area contributed by atoms with Crippen LogP contribution in [0, 0.1) is 0 Å². The summed E-state index contributed by atoms with van der Waals surface area (Å²) < 4.78 is 23.3. The van der Waals surface area contributed by atoms with Gasteiger partial charge in [-0.05, 0) is 23.0 Å². The fourth-order valence-electron chi connectivity index (χ4n) is 4.44. The number of hydrogen-bond acceptors (Lipinski definition) is 8. The fraction of sp³-hybridized carbons (Fsp3) is 0.591. The van der Waals surface area contributed by atoms with Gasteiger partial charge in [0.25, 0.3) is 14.2 Å². The van der Waals surface area contributed by atoms with E-state index in [1.54, 1.807) is 6.26 Å². The fourth-order valence-corrected chi connectivity index (χ4v) is 9.60. The third-order valence-electron chi connectivity index (χ3n) is 5.85. The molecule has 1 atom stereocenters. The van der Waals surface area contributed by atoms with E-state index < -0.39 is 8.32 Å². The summed E-state index contributed by atoms with van der Waals surface area (Å²) in [5.74, 6) is 1.64. The first-order valence-corrected chi connectivity index (χ1v) is 13.1. The molecule has 0 aliphatic carbocycles. The number of hydrogen-bond donors (Lipinski definition) is 1. The van der Waals surface area contributed by atoms with Gasteiger partial charge in [0.05, 0.1) is 6.04 Å². The van der Waals surface area contributed by atoms with Crippen LogP contribution < -0.4 is 10.2 Å². The topological polar surface area (TPSA) is 113 Å². The van der Waals surface area contributed by atoms with Crippen LogP contribution in [0.1, 0.15) is 73.2 Å². The molecule has 0 aliphatic rings. The zero-order chi connectivity index (χ0) is 22.8. The van der Waals surface area contributed by atoms with Gasteiger partial charge in [0, 0.05) is 0 Å². The van der Waals surface area contributed by atoms with E-state index in [1.165, 1.54) is 12.5 Å². The highest BCUT2D eigenvalue weighted by molar-refractivity contribution is 6.78. The molecule has 0 saturated carbocycles. The van der Waals surface area contributed by atoms with Crippen molar-refractivity contribution in [1.29, 1.82) is 0 Å². The van der Waals surface area contributed by atoms with Gasteiger partial charge in [-0.2, -0.15) is 4.98 Å². The van der Waals surface area contributed by atoms with E-state index in [0.29, 0.717) is 51.6 Å². The van der Waals surface area contributed by atoms with Crippen molar-refractivity contribution in [3.63, 3.8) is 0 Å². The Morgan fingerprint density at radius 1 is 0.839 bits per heavy atom. The minimum absolute atomic E-state index is 0.244. The Morgan fingerprint density at radius 3 is 2.00 bits per heavy atom. The maximum absolute atomic E-state index is 6.57. The van der Waals surface area contributed by atoms with Crippen molar-refractivity contribution < 1.29 is 17.7 Å². The molecule has 3 rings (SSSR count). The molecule has 0 bridgehead atoms. The largest absolute Gasteiger partial charge is 0.528 e. The summed E-state index contributed by atoms with van der Waals surface area (Å²) in [4.78, 5) is 13.4. The van der Waals surface area contributed by atoms with Crippen molar-refractivity contribution in [3.05, 3.63) is 24.7 Å². The van der Waals surface area contributed by atoms with Crippen LogP contribution >= 0.6 is 0 Å². The molecule has 0 radical (unpaired) electrons. The average molecular weight is 447 g/mol. The Hall–Kier alpha value is -2.39. The summed E-state index contributed by atoms with van der Waals surface area (Å²) in [6, 6.07) is -0.244. The molecule has 0 fully saturated rings. The third-order valence-corrected chi connectivity index (χ3v) is 11.8. The van der Waals surface area contributed by atoms with Crippen molar-refractivity contribution in [2.45, 2.75) is 84.0 Å². The Morgan fingerprint density at radius 2 is 1.39 bits per heavy atom. The van der Waals surface area contributed by atoms with E-state index in [2.05, 4.69) is 63.4 Å². The molecule has 9 heteroatoms. The highest BCUT2D eigenvalue weighted by Gasteiger charge is 2.47. The van der Waals surface area contributed by atoms with E-state index in [9.17, 15) is 0 Å². The van der Waals surface area contributed by atoms with Gasteiger partial charge >= 0.3 is 0 Å². The number of nitrogens with two attached hydrogens (primary N) is 1. The number of rotatable bonds is 10. The first-order valence-electron chi connectivity index (χ1n) is 11.0. The van der Waals surface area contributed by atoms with Crippen LogP contribution in [0.2, 0.25) is 16.6 Å². The molecule has 31 heavy (non-hydrogen) atoms. The monoisotopic (exact) mass is 446 g/mol. The lowest BCUT2D eigenvalue weighted by atomic mass is 10.2. The van der Waals surface area contributed by atoms with E-state index in [4.69, 9.17) is 23.4 Å². The van der Waals surface area contributed by atoms with Gasteiger partial charge in [-0.1, -0.05) is 54.9 Å². The summed E-state index contributed by atoms with van der Waals surface area (Å²) in [6.07, 6.45) is 6.28. The summed E-state index contributed by atoms with van der Waals surface area (Å²) in [5, 5.41) is 0. The molecule has 3 heterocycles. The number of aromatic nitrogens is 3. The highest BCUT2D eigenvalue weighted by Crippen LogP contribution is 2.42. The van der Waals surface area contributed by atoms with Crippen molar-refractivity contribution in [2.75, 3.05) is 0 Å². The van der Waals surface area contributed by atoms with Crippen molar-refractivity contribution in [1.82, 2.24) is 15.0 Å². The van der Waals surface area contributed by atoms with Crippen LogP contribution in [-0.2, 0) is 0 Å². The lowest BCUT2D eigenvalue weighted by Crippen LogP contribution is -2.50. The summed E-state index contributed by atoms with van der Waals surface area (Å²) in [6.45, 7) is 15.5. The van der Waals surface area contributed by atoms with Gasteiger partial charge in [-0.3, -0.25) is 0 Å². The third kappa shape index (κ3) is 4.62. The molecule has 3 aromatic heterocycles. The zero-order valence-corrected chi connectivity index (χ0v) is 20.5. The Balaban J connectivity index is 1.80. The predicted octanol–water partition coefficient (Wildman–Crippen LogP) is 6.34. The second-order valence-electron chi connectivity index (χ2n) is 8.91. The van der Waals surface area contributed by atoms with Gasteiger partial charge in [0.2, 0.25) is 17.7 Å². The van der Waals surface area contributed by atoms with Gasteiger partial charge in [-0.25, -0.2) is 9.97 Å². The van der Waals surface area contributed by atoms with E-state index in [-0.39, 0.29) is 6.04 Å². The minimum Gasteiger partial charge on any atom is -0.528 e.